The molecule has 1 amide bonds. The summed E-state index contributed by atoms with van der Waals surface area (Å²) >= 11 is 1.48. The fourth-order valence-corrected chi connectivity index (χ4v) is 1.98. The van der Waals surface area contributed by atoms with Crippen LogP contribution in [0.1, 0.15) is 23.7 Å². The first-order valence-electron chi connectivity index (χ1n) is 6.43. The van der Waals surface area contributed by atoms with Crippen molar-refractivity contribution >= 4 is 29.3 Å². The summed E-state index contributed by atoms with van der Waals surface area (Å²) in [5.41, 5.74) is 1.04. The Morgan fingerprint density at radius 1 is 1.45 bits per heavy atom. The van der Waals surface area contributed by atoms with Gasteiger partial charge in [0.05, 0.1) is 17.9 Å². The third-order valence-electron chi connectivity index (χ3n) is 2.29. The van der Waals surface area contributed by atoms with E-state index in [0.717, 1.165) is 12.2 Å². The lowest BCUT2D eigenvalue weighted by Gasteiger charge is -2.07. The third-order valence-corrected chi connectivity index (χ3v) is 3.23. The Morgan fingerprint density at radius 3 is 2.95 bits per heavy atom. The van der Waals surface area contributed by atoms with Gasteiger partial charge in [-0.3, -0.25) is 4.79 Å². The van der Waals surface area contributed by atoms with E-state index in [0.29, 0.717) is 23.6 Å². The molecule has 0 aliphatic heterocycles. The molecule has 0 aromatic heterocycles. The zero-order valence-corrected chi connectivity index (χ0v) is 12.4. The number of carbonyl (C=O) groups is 2. The average molecular weight is 293 g/mol. The summed E-state index contributed by atoms with van der Waals surface area (Å²) in [6.07, 6.45) is 2.53. The third kappa shape index (κ3) is 5.93. The van der Waals surface area contributed by atoms with Crippen LogP contribution in [0.25, 0.3) is 0 Å². The van der Waals surface area contributed by atoms with Crippen LogP contribution in [0.4, 0.5) is 5.69 Å². The van der Waals surface area contributed by atoms with Crippen molar-refractivity contribution in [2.45, 2.75) is 13.3 Å². The van der Waals surface area contributed by atoms with E-state index in [1.54, 1.807) is 30.3 Å². The summed E-state index contributed by atoms with van der Waals surface area (Å²) in [7, 11) is 0. The van der Waals surface area contributed by atoms with Gasteiger partial charge in [0.25, 0.3) is 0 Å². The van der Waals surface area contributed by atoms with Gasteiger partial charge < -0.3 is 10.1 Å². The van der Waals surface area contributed by atoms with Crippen LogP contribution in [0.5, 0.6) is 0 Å². The molecule has 4 nitrogen and oxygen atoms in total. The number of esters is 1. The summed E-state index contributed by atoms with van der Waals surface area (Å²) in [5, 5.41) is 2.75. The lowest BCUT2D eigenvalue weighted by molar-refractivity contribution is -0.113. The molecule has 0 spiro atoms. The number of carbonyl (C=O) groups excluding carboxylic acids is 2. The number of rotatable bonds is 8. The monoisotopic (exact) mass is 293 g/mol. The minimum Gasteiger partial charge on any atom is -0.462 e. The summed E-state index contributed by atoms with van der Waals surface area (Å²) in [6.45, 7) is 5.92. The summed E-state index contributed by atoms with van der Waals surface area (Å²) in [4.78, 5) is 23.4. The average Bonchev–Trinajstić information content (AvgIpc) is 2.45. The van der Waals surface area contributed by atoms with Crippen LogP contribution in [-0.4, -0.2) is 30.0 Å². The molecule has 0 saturated carbocycles. The standard InChI is InChI=1S/C15H19NO3S/c1-3-8-19-15(18)12-6-5-7-13(10-12)16-14(17)11-20-9-4-2/h4-7,10H,2-3,8-9,11H2,1H3,(H,16,17). The highest BCUT2D eigenvalue weighted by molar-refractivity contribution is 8.00. The van der Waals surface area contributed by atoms with Crippen molar-refractivity contribution < 1.29 is 14.3 Å². The first-order chi connectivity index (χ1) is 9.67. The van der Waals surface area contributed by atoms with Crippen LogP contribution < -0.4 is 5.32 Å². The maximum Gasteiger partial charge on any atom is 0.338 e. The van der Waals surface area contributed by atoms with Gasteiger partial charge in [-0.2, -0.15) is 0 Å². The molecule has 0 atom stereocenters. The molecular weight excluding hydrogens is 274 g/mol. The zero-order chi connectivity index (χ0) is 14.8. The molecule has 5 heteroatoms. The SMILES string of the molecule is C=CCSCC(=O)Nc1cccc(C(=O)OCCC)c1. The molecule has 0 unspecified atom stereocenters. The highest BCUT2D eigenvalue weighted by Gasteiger charge is 2.08. The lowest BCUT2D eigenvalue weighted by atomic mass is 10.2. The van der Waals surface area contributed by atoms with Crippen LogP contribution in [0.15, 0.2) is 36.9 Å². The predicted octanol–water partition coefficient (Wildman–Crippen LogP) is 3.11. The number of benzene rings is 1. The van der Waals surface area contributed by atoms with E-state index in [4.69, 9.17) is 4.74 Å². The maximum atomic E-state index is 11.7. The van der Waals surface area contributed by atoms with E-state index in [1.165, 1.54) is 11.8 Å². The van der Waals surface area contributed by atoms with Crippen LogP contribution in [0, 0.1) is 0 Å². The fourth-order valence-electron chi connectivity index (χ4n) is 1.43. The highest BCUT2D eigenvalue weighted by atomic mass is 32.2. The van der Waals surface area contributed by atoms with E-state index in [1.807, 2.05) is 6.92 Å². The number of hydrogen-bond acceptors (Lipinski definition) is 4. The van der Waals surface area contributed by atoms with Gasteiger partial charge in [-0.05, 0) is 24.6 Å². The van der Waals surface area contributed by atoms with E-state index in [9.17, 15) is 9.59 Å². The summed E-state index contributed by atoms with van der Waals surface area (Å²) in [5.74, 6) is 0.618. The number of nitrogens with one attached hydrogen (secondary N) is 1. The molecule has 108 valence electrons. The quantitative estimate of drug-likeness (QED) is 0.454. The van der Waals surface area contributed by atoms with Gasteiger partial charge in [0.2, 0.25) is 5.91 Å². The number of amides is 1. The van der Waals surface area contributed by atoms with Crippen LogP contribution in [0.2, 0.25) is 0 Å². The van der Waals surface area contributed by atoms with Gasteiger partial charge in [0.15, 0.2) is 0 Å². The molecule has 1 N–H and O–H groups in total. The van der Waals surface area contributed by atoms with E-state index in [2.05, 4.69) is 11.9 Å². The van der Waals surface area contributed by atoms with Gasteiger partial charge in [-0.25, -0.2) is 4.79 Å². The Hall–Kier alpha value is -1.75. The Morgan fingerprint density at radius 2 is 2.25 bits per heavy atom. The summed E-state index contributed by atoms with van der Waals surface area (Å²) < 4.78 is 5.05. The number of ether oxygens (including phenoxy) is 1. The molecule has 0 aliphatic carbocycles. The Labute approximate surface area is 123 Å². The second kappa shape index (κ2) is 9.20. The normalized spacial score (nSPS) is 9.85. The van der Waals surface area contributed by atoms with Gasteiger partial charge in [0, 0.05) is 11.4 Å². The highest BCUT2D eigenvalue weighted by Crippen LogP contribution is 2.12. The van der Waals surface area contributed by atoms with Crippen molar-refractivity contribution in [3.63, 3.8) is 0 Å². The van der Waals surface area contributed by atoms with Crippen molar-refractivity contribution in [2.75, 3.05) is 23.4 Å². The first-order valence-corrected chi connectivity index (χ1v) is 7.58. The smallest absolute Gasteiger partial charge is 0.338 e. The second-order valence-corrected chi connectivity index (χ2v) is 5.10. The second-order valence-electron chi connectivity index (χ2n) is 4.07. The zero-order valence-electron chi connectivity index (χ0n) is 11.6. The molecule has 0 bridgehead atoms. The Balaban J connectivity index is 2.56. The van der Waals surface area contributed by atoms with E-state index in [-0.39, 0.29) is 11.9 Å². The van der Waals surface area contributed by atoms with Gasteiger partial charge >= 0.3 is 5.97 Å². The van der Waals surface area contributed by atoms with Crippen LogP contribution in [0.3, 0.4) is 0 Å². The predicted molar refractivity (Wildman–Crippen MR) is 83.2 cm³/mol. The van der Waals surface area contributed by atoms with Gasteiger partial charge in [-0.15, -0.1) is 18.3 Å². The Bertz CT molecular complexity index is 474. The molecule has 0 radical (unpaired) electrons. The minimum absolute atomic E-state index is 0.101. The lowest BCUT2D eigenvalue weighted by Crippen LogP contribution is -2.15. The number of hydrogen-bond donors (Lipinski definition) is 1. The van der Waals surface area contributed by atoms with Crippen molar-refractivity contribution in [1.82, 2.24) is 0 Å². The van der Waals surface area contributed by atoms with Crippen LogP contribution >= 0.6 is 11.8 Å². The topological polar surface area (TPSA) is 55.4 Å². The number of thioether (sulfide) groups is 1. The van der Waals surface area contributed by atoms with Crippen molar-refractivity contribution in [3.05, 3.63) is 42.5 Å². The molecular formula is C15H19NO3S. The Kier molecular flexibility index (Phi) is 7.50. The van der Waals surface area contributed by atoms with Gasteiger partial charge in [-0.1, -0.05) is 19.1 Å². The molecule has 20 heavy (non-hydrogen) atoms. The van der Waals surface area contributed by atoms with E-state index < -0.39 is 0 Å². The molecule has 1 aromatic rings. The molecule has 0 fully saturated rings. The van der Waals surface area contributed by atoms with E-state index >= 15 is 0 Å². The fraction of sp³-hybridized carbons (Fsp3) is 0.333. The largest absolute Gasteiger partial charge is 0.462 e. The number of anilines is 1. The molecule has 0 saturated heterocycles. The first kappa shape index (κ1) is 16.3. The molecule has 1 rings (SSSR count). The molecule has 0 heterocycles. The maximum absolute atomic E-state index is 11.7. The minimum atomic E-state index is -0.371. The summed E-state index contributed by atoms with van der Waals surface area (Å²) in [6, 6.07) is 6.75. The molecule has 1 aromatic carbocycles. The van der Waals surface area contributed by atoms with Crippen molar-refractivity contribution in [2.24, 2.45) is 0 Å². The van der Waals surface area contributed by atoms with Gasteiger partial charge in [0.1, 0.15) is 0 Å². The molecule has 0 aliphatic rings. The van der Waals surface area contributed by atoms with Crippen LogP contribution in [-0.2, 0) is 9.53 Å². The van der Waals surface area contributed by atoms with Crippen molar-refractivity contribution in [1.29, 1.82) is 0 Å². The van der Waals surface area contributed by atoms with Crippen molar-refractivity contribution in [3.8, 4) is 0 Å².